The minimum Gasteiger partial charge on any atom is -0.481 e. The summed E-state index contributed by atoms with van der Waals surface area (Å²) < 4.78 is 0. The number of aliphatic carboxylic acids is 1. The minimum atomic E-state index is -0.793. The molecule has 0 aromatic heterocycles. The van der Waals surface area contributed by atoms with Gasteiger partial charge in [-0.15, -0.1) is 6.42 Å². The monoisotopic (exact) mass is 221 g/mol. The molecular formula is C12H15NO3. The average Bonchev–Trinajstić information content (AvgIpc) is 2.77. The van der Waals surface area contributed by atoms with Gasteiger partial charge < -0.3 is 10.4 Å². The Kier molecular flexibility index (Phi) is 2.86. The van der Waals surface area contributed by atoms with Gasteiger partial charge in [0, 0.05) is 6.04 Å². The van der Waals surface area contributed by atoms with Crippen molar-refractivity contribution < 1.29 is 14.7 Å². The van der Waals surface area contributed by atoms with E-state index < -0.39 is 11.9 Å². The molecule has 2 fully saturated rings. The van der Waals surface area contributed by atoms with E-state index in [4.69, 9.17) is 11.5 Å². The van der Waals surface area contributed by atoms with Crippen molar-refractivity contribution in [1.29, 1.82) is 0 Å². The van der Waals surface area contributed by atoms with Crippen LogP contribution in [0.2, 0.25) is 0 Å². The van der Waals surface area contributed by atoms with Crippen molar-refractivity contribution in [2.24, 2.45) is 17.8 Å². The van der Waals surface area contributed by atoms with E-state index in [1.54, 1.807) is 0 Å². The van der Waals surface area contributed by atoms with Crippen LogP contribution in [-0.2, 0) is 9.59 Å². The zero-order chi connectivity index (χ0) is 11.7. The summed E-state index contributed by atoms with van der Waals surface area (Å²) in [6.45, 7) is 0. The molecule has 0 aliphatic heterocycles. The van der Waals surface area contributed by atoms with Crippen molar-refractivity contribution in [2.45, 2.75) is 31.7 Å². The number of nitrogens with one attached hydrogen (secondary N) is 1. The molecule has 2 aliphatic rings. The highest BCUT2D eigenvalue weighted by atomic mass is 16.4. The molecule has 0 saturated heterocycles. The van der Waals surface area contributed by atoms with Gasteiger partial charge in [0.05, 0.1) is 12.3 Å². The van der Waals surface area contributed by atoms with Crippen molar-refractivity contribution in [3.63, 3.8) is 0 Å². The SMILES string of the molecule is C#CCC(=O)NC1C2CCC(C2)C1C(=O)O. The molecule has 16 heavy (non-hydrogen) atoms. The van der Waals surface area contributed by atoms with Gasteiger partial charge in [0.2, 0.25) is 5.91 Å². The van der Waals surface area contributed by atoms with Gasteiger partial charge in [-0.05, 0) is 31.1 Å². The molecular weight excluding hydrogens is 206 g/mol. The van der Waals surface area contributed by atoms with Crippen LogP contribution < -0.4 is 5.32 Å². The van der Waals surface area contributed by atoms with Gasteiger partial charge >= 0.3 is 5.97 Å². The Balaban J connectivity index is 2.05. The number of carbonyl (C=O) groups excluding carboxylic acids is 1. The molecule has 2 bridgehead atoms. The summed E-state index contributed by atoms with van der Waals surface area (Å²) in [4.78, 5) is 22.5. The van der Waals surface area contributed by atoms with E-state index in [0.29, 0.717) is 5.92 Å². The van der Waals surface area contributed by atoms with Gasteiger partial charge in [0.25, 0.3) is 0 Å². The predicted molar refractivity (Wildman–Crippen MR) is 57.3 cm³/mol. The smallest absolute Gasteiger partial charge is 0.308 e. The van der Waals surface area contributed by atoms with E-state index in [1.165, 1.54) is 0 Å². The Labute approximate surface area is 94.4 Å². The van der Waals surface area contributed by atoms with Crippen molar-refractivity contribution in [2.75, 3.05) is 0 Å². The molecule has 0 aromatic rings. The highest BCUT2D eigenvalue weighted by Gasteiger charge is 2.51. The molecule has 0 radical (unpaired) electrons. The van der Waals surface area contributed by atoms with Crippen LogP contribution in [-0.4, -0.2) is 23.0 Å². The number of carboxylic acids is 1. The fourth-order valence-electron chi connectivity index (χ4n) is 3.18. The van der Waals surface area contributed by atoms with Gasteiger partial charge in [0.15, 0.2) is 0 Å². The topological polar surface area (TPSA) is 66.4 Å². The number of carbonyl (C=O) groups is 2. The van der Waals surface area contributed by atoms with Crippen molar-refractivity contribution in [3.8, 4) is 12.3 Å². The predicted octanol–water partition coefficient (Wildman–Crippen LogP) is 0.625. The highest BCUT2D eigenvalue weighted by molar-refractivity contribution is 5.80. The summed E-state index contributed by atoms with van der Waals surface area (Å²) in [6.07, 6.45) is 8.00. The number of carboxylic acid groups (broad SMARTS) is 1. The second-order valence-corrected chi connectivity index (χ2v) is 4.67. The largest absolute Gasteiger partial charge is 0.481 e. The average molecular weight is 221 g/mol. The molecule has 0 aromatic carbocycles. The molecule has 4 heteroatoms. The third-order valence-electron chi connectivity index (χ3n) is 3.79. The Hall–Kier alpha value is -1.50. The number of hydrogen-bond acceptors (Lipinski definition) is 2. The third kappa shape index (κ3) is 1.78. The van der Waals surface area contributed by atoms with Gasteiger partial charge in [0.1, 0.15) is 0 Å². The van der Waals surface area contributed by atoms with Crippen LogP contribution in [0.4, 0.5) is 0 Å². The maximum absolute atomic E-state index is 11.4. The third-order valence-corrected chi connectivity index (χ3v) is 3.79. The summed E-state index contributed by atoms with van der Waals surface area (Å²) in [5.41, 5.74) is 0. The van der Waals surface area contributed by atoms with Crippen molar-refractivity contribution >= 4 is 11.9 Å². The first-order chi connectivity index (χ1) is 7.63. The summed E-state index contributed by atoms with van der Waals surface area (Å²) in [7, 11) is 0. The maximum atomic E-state index is 11.4. The zero-order valence-electron chi connectivity index (χ0n) is 8.98. The van der Waals surface area contributed by atoms with E-state index in [0.717, 1.165) is 19.3 Å². The molecule has 0 spiro atoms. The van der Waals surface area contributed by atoms with Crippen LogP contribution in [0.3, 0.4) is 0 Å². The van der Waals surface area contributed by atoms with Gasteiger partial charge in [-0.1, -0.05) is 5.92 Å². The van der Waals surface area contributed by atoms with Crippen LogP contribution in [0.5, 0.6) is 0 Å². The van der Waals surface area contributed by atoms with Crippen LogP contribution in [0, 0.1) is 30.1 Å². The number of terminal acetylenes is 1. The molecule has 4 unspecified atom stereocenters. The summed E-state index contributed by atoms with van der Waals surface area (Å²) in [5, 5.41) is 11.9. The lowest BCUT2D eigenvalue weighted by molar-refractivity contribution is -0.144. The zero-order valence-corrected chi connectivity index (χ0v) is 8.98. The Morgan fingerprint density at radius 3 is 2.69 bits per heavy atom. The standard InChI is InChI=1S/C12H15NO3/c1-2-3-9(14)13-11-8-5-4-7(6-8)10(11)12(15)16/h1,7-8,10-11H,3-6H2,(H,13,14)(H,15,16). The Morgan fingerprint density at radius 1 is 1.38 bits per heavy atom. The normalized spacial score (nSPS) is 35.7. The molecule has 86 valence electrons. The quantitative estimate of drug-likeness (QED) is 0.687. The van der Waals surface area contributed by atoms with E-state index in [1.807, 2.05) is 0 Å². The summed E-state index contributed by atoms with van der Waals surface area (Å²) >= 11 is 0. The van der Waals surface area contributed by atoms with Crippen molar-refractivity contribution in [1.82, 2.24) is 5.32 Å². The first-order valence-corrected chi connectivity index (χ1v) is 5.59. The van der Waals surface area contributed by atoms with E-state index >= 15 is 0 Å². The van der Waals surface area contributed by atoms with Crippen LogP contribution in [0.15, 0.2) is 0 Å². The number of fused-ring (bicyclic) bond motifs is 2. The molecule has 4 atom stereocenters. The minimum absolute atomic E-state index is 0.0280. The molecule has 2 saturated carbocycles. The second-order valence-electron chi connectivity index (χ2n) is 4.67. The molecule has 2 rings (SSSR count). The summed E-state index contributed by atoms with van der Waals surface area (Å²) in [5.74, 6) is 1.39. The van der Waals surface area contributed by atoms with E-state index in [2.05, 4.69) is 11.2 Å². The lowest BCUT2D eigenvalue weighted by Crippen LogP contribution is -2.46. The molecule has 4 nitrogen and oxygen atoms in total. The second kappa shape index (κ2) is 4.17. The van der Waals surface area contributed by atoms with Gasteiger partial charge in [-0.2, -0.15) is 0 Å². The molecule has 2 N–H and O–H groups in total. The lowest BCUT2D eigenvalue weighted by Gasteiger charge is -2.28. The van der Waals surface area contributed by atoms with E-state index in [9.17, 15) is 9.59 Å². The first kappa shape index (κ1) is 11.0. The van der Waals surface area contributed by atoms with Crippen LogP contribution >= 0.6 is 0 Å². The van der Waals surface area contributed by atoms with Crippen LogP contribution in [0.25, 0.3) is 0 Å². The number of hydrogen-bond donors (Lipinski definition) is 2. The van der Waals surface area contributed by atoms with Crippen molar-refractivity contribution in [3.05, 3.63) is 0 Å². The van der Waals surface area contributed by atoms with E-state index in [-0.39, 0.29) is 24.3 Å². The fourth-order valence-corrected chi connectivity index (χ4v) is 3.18. The maximum Gasteiger partial charge on any atom is 0.308 e. The molecule has 1 amide bonds. The van der Waals surface area contributed by atoms with Gasteiger partial charge in [-0.25, -0.2) is 0 Å². The fraction of sp³-hybridized carbons (Fsp3) is 0.667. The number of rotatable bonds is 3. The first-order valence-electron chi connectivity index (χ1n) is 5.59. The Bertz CT molecular complexity index is 358. The summed E-state index contributed by atoms with van der Waals surface area (Å²) in [6, 6.07) is -0.211. The molecule has 0 heterocycles. The lowest BCUT2D eigenvalue weighted by atomic mass is 9.84. The highest BCUT2D eigenvalue weighted by Crippen LogP contribution is 2.48. The Morgan fingerprint density at radius 2 is 2.06 bits per heavy atom. The number of amides is 1. The van der Waals surface area contributed by atoms with Crippen LogP contribution in [0.1, 0.15) is 25.7 Å². The molecule has 2 aliphatic carbocycles. The van der Waals surface area contributed by atoms with Gasteiger partial charge in [-0.3, -0.25) is 9.59 Å².